The molecule has 0 saturated carbocycles. The smallest absolute Gasteiger partial charge is 0.313 e. The van der Waals surface area contributed by atoms with E-state index in [9.17, 15) is 9.90 Å². The number of carbonyl (C=O) groups is 1. The van der Waals surface area contributed by atoms with E-state index in [1.165, 1.54) is 0 Å². The minimum Gasteiger partial charge on any atom is -0.504 e. The van der Waals surface area contributed by atoms with E-state index in [0.717, 1.165) is 11.1 Å². The van der Waals surface area contributed by atoms with Crippen LogP contribution in [0.5, 0.6) is 11.5 Å². The average Bonchev–Trinajstić information content (AvgIpc) is 2.22. The predicted molar refractivity (Wildman–Crippen MR) is 67.4 cm³/mol. The number of aromatic hydroxyl groups is 1. The molecule has 0 heterocycles. The van der Waals surface area contributed by atoms with E-state index >= 15 is 0 Å². The van der Waals surface area contributed by atoms with Crippen molar-refractivity contribution >= 4 is 5.97 Å². The van der Waals surface area contributed by atoms with Crippen LogP contribution in [-0.2, 0) is 4.79 Å². The van der Waals surface area contributed by atoms with Crippen molar-refractivity contribution in [3.63, 3.8) is 0 Å². The Hall–Kier alpha value is -1.51. The van der Waals surface area contributed by atoms with Crippen molar-refractivity contribution in [3.8, 4) is 11.5 Å². The summed E-state index contributed by atoms with van der Waals surface area (Å²) in [5.41, 5.74) is 1.56. The van der Waals surface area contributed by atoms with E-state index in [4.69, 9.17) is 4.74 Å². The van der Waals surface area contributed by atoms with Crippen LogP contribution in [-0.4, -0.2) is 11.1 Å². The number of ether oxygens (including phenoxy) is 1. The van der Waals surface area contributed by atoms with Gasteiger partial charge in [-0.2, -0.15) is 0 Å². The molecular formula is C14H20O3. The zero-order chi connectivity index (χ0) is 13.2. The van der Waals surface area contributed by atoms with Crippen molar-refractivity contribution in [1.29, 1.82) is 0 Å². The topological polar surface area (TPSA) is 46.5 Å². The second-order valence-corrected chi connectivity index (χ2v) is 4.88. The first-order valence-electron chi connectivity index (χ1n) is 5.88. The first-order chi connectivity index (χ1) is 7.84. The molecule has 0 aromatic heterocycles. The Bertz CT molecular complexity index is 420. The van der Waals surface area contributed by atoms with Gasteiger partial charge in [0, 0.05) is 5.56 Å². The molecule has 0 amide bonds. The van der Waals surface area contributed by atoms with Gasteiger partial charge in [-0.15, -0.1) is 0 Å². The number of carbonyl (C=O) groups excluding carboxylic acids is 1. The van der Waals surface area contributed by atoms with Gasteiger partial charge in [-0.25, -0.2) is 0 Å². The largest absolute Gasteiger partial charge is 0.504 e. The minimum atomic E-state index is -0.329. The molecule has 3 heteroatoms. The van der Waals surface area contributed by atoms with Crippen molar-refractivity contribution in [1.82, 2.24) is 0 Å². The van der Waals surface area contributed by atoms with E-state index < -0.39 is 0 Å². The van der Waals surface area contributed by atoms with Gasteiger partial charge in [0.1, 0.15) is 0 Å². The lowest BCUT2D eigenvalue weighted by Gasteiger charge is -2.15. The number of hydrogen-bond acceptors (Lipinski definition) is 3. The zero-order valence-electron chi connectivity index (χ0n) is 11.1. The van der Waals surface area contributed by atoms with Crippen molar-refractivity contribution in [2.24, 2.45) is 5.92 Å². The number of rotatable bonds is 3. The summed E-state index contributed by atoms with van der Waals surface area (Å²) in [4.78, 5) is 11.6. The van der Waals surface area contributed by atoms with Crippen LogP contribution in [0.2, 0.25) is 0 Å². The van der Waals surface area contributed by atoms with E-state index in [2.05, 4.69) is 0 Å². The lowest BCUT2D eigenvalue weighted by atomic mass is 10.00. The standard InChI is InChI=1S/C14H20O3/c1-8(2)11-7-6-10(5)13(12(11)15)17-14(16)9(3)4/h6-9,15H,1-5H3. The molecule has 0 aliphatic carbocycles. The maximum Gasteiger partial charge on any atom is 0.313 e. The fourth-order valence-corrected chi connectivity index (χ4v) is 1.50. The van der Waals surface area contributed by atoms with Gasteiger partial charge < -0.3 is 9.84 Å². The summed E-state index contributed by atoms with van der Waals surface area (Å²) in [6.45, 7) is 9.31. The summed E-state index contributed by atoms with van der Waals surface area (Å²) in [6, 6.07) is 3.72. The molecule has 3 nitrogen and oxygen atoms in total. The van der Waals surface area contributed by atoms with Gasteiger partial charge in [0.15, 0.2) is 11.5 Å². The highest BCUT2D eigenvalue weighted by Crippen LogP contribution is 2.37. The van der Waals surface area contributed by atoms with E-state index in [1.807, 2.05) is 32.9 Å². The van der Waals surface area contributed by atoms with E-state index in [1.54, 1.807) is 13.8 Å². The quantitative estimate of drug-likeness (QED) is 0.646. The van der Waals surface area contributed by atoms with Gasteiger partial charge in [0.2, 0.25) is 0 Å². The second kappa shape index (κ2) is 5.21. The summed E-state index contributed by atoms with van der Waals surface area (Å²) in [5.74, 6) is 0.0109. The molecule has 0 aliphatic heterocycles. The summed E-state index contributed by atoms with van der Waals surface area (Å²) < 4.78 is 5.24. The molecule has 0 unspecified atom stereocenters. The van der Waals surface area contributed by atoms with Crippen LogP contribution in [0.1, 0.15) is 44.7 Å². The molecule has 0 bridgehead atoms. The first-order valence-corrected chi connectivity index (χ1v) is 5.88. The van der Waals surface area contributed by atoms with Gasteiger partial charge in [-0.05, 0) is 18.4 Å². The van der Waals surface area contributed by atoms with Crippen LogP contribution in [0, 0.1) is 12.8 Å². The number of esters is 1. The molecule has 1 aromatic rings. The number of phenolic OH excluding ortho intramolecular Hbond substituents is 1. The highest BCUT2D eigenvalue weighted by molar-refractivity contribution is 5.76. The molecule has 1 rings (SSSR count). The molecule has 0 radical (unpaired) electrons. The fourth-order valence-electron chi connectivity index (χ4n) is 1.50. The molecule has 0 spiro atoms. The Morgan fingerprint density at radius 3 is 2.29 bits per heavy atom. The number of benzene rings is 1. The average molecular weight is 236 g/mol. The Morgan fingerprint density at radius 1 is 1.24 bits per heavy atom. The number of aryl methyl sites for hydroxylation is 1. The van der Waals surface area contributed by atoms with Crippen molar-refractivity contribution < 1.29 is 14.6 Å². The number of phenols is 1. The molecule has 0 saturated heterocycles. The van der Waals surface area contributed by atoms with Crippen molar-refractivity contribution in [2.75, 3.05) is 0 Å². The van der Waals surface area contributed by atoms with Crippen LogP contribution in [0.4, 0.5) is 0 Å². The number of hydrogen-bond donors (Lipinski definition) is 1. The highest BCUT2D eigenvalue weighted by Gasteiger charge is 2.18. The molecule has 94 valence electrons. The summed E-state index contributed by atoms with van der Waals surface area (Å²) in [6.07, 6.45) is 0. The van der Waals surface area contributed by atoms with Gasteiger partial charge in [0.25, 0.3) is 0 Å². The van der Waals surface area contributed by atoms with Gasteiger partial charge >= 0.3 is 5.97 Å². The van der Waals surface area contributed by atoms with Crippen LogP contribution in [0.3, 0.4) is 0 Å². The minimum absolute atomic E-state index is 0.0778. The maximum absolute atomic E-state index is 11.6. The normalized spacial score (nSPS) is 11.0. The molecule has 17 heavy (non-hydrogen) atoms. The summed E-state index contributed by atoms with van der Waals surface area (Å²) in [5, 5.41) is 10.1. The molecular weight excluding hydrogens is 216 g/mol. The van der Waals surface area contributed by atoms with E-state index in [-0.39, 0.29) is 29.3 Å². The molecule has 0 atom stereocenters. The third-order valence-corrected chi connectivity index (χ3v) is 2.66. The summed E-state index contributed by atoms with van der Waals surface area (Å²) in [7, 11) is 0. The van der Waals surface area contributed by atoms with Crippen LogP contribution in [0.15, 0.2) is 12.1 Å². The predicted octanol–water partition coefficient (Wildman–Crippen LogP) is 3.39. The molecule has 1 aromatic carbocycles. The Labute approximate surface area is 102 Å². The van der Waals surface area contributed by atoms with Gasteiger partial charge in [-0.1, -0.05) is 39.8 Å². The van der Waals surface area contributed by atoms with Crippen LogP contribution in [0.25, 0.3) is 0 Å². The zero-order valence-corrected chi connectivity index (χ0v) is 11.1. The Balaban J connectivity index is 3.14. The molecule has 0 fully saturated rings. The lowest BCUT2D eigenvalue weighted by Crippen LogP contribution is -2.15. The Morgan fingerprint density at radius 2 is 1.82 bits per heavy atom. The maximum atomic E-state index is 11.6. The fraction of sp³-hybridized carbons (Fsp3) is 0.500. The third-order valence-electron chi connectivity index (χ3n) is 2.66. The van der Waals surface area contributed by atoms with E-state index in [0.29, 0.717) is 0 Å². The van der Waals surface area contributed by atoms with Crippen LogP contribution < -0.4 is 4.74 Å². The second-order valence-electron chi connectivity index (χ2n) is 4.88. The SMILES string of the molecule is Cc1ccc(C(C)C)c(O)c1OC(=O)C(C)C. The molecule has 0 aliphatic rings. The third kappa shape index (κ3) is 2.99. The summed E-state index contributed by atoms with van der Waals surface area (Å²) >= 11 is 0. The molecule has 1 N–H and O–H groups in total. The van der Waals surface area contributed by atoms with Gasteiger partial charge in [-0.3, -0.25) is 4.79 Å². The highest BCUT2D eigenvalue weighted by atomic mass is 16.5. The Kier molecular flexibility index (Phi) is 4.16. The van der Waals surface area contributed by atoms with Crippen molar-refractivity contribution in [2.45, 2.75) is 40.5 Å². The first kappa shape index (κ1) is 13.6. The lowest BCUT2D eigenvalue weighted by molar-refractivity contribution is -0.137. The van der Waals surface area contributed by atoms with Crippen LogP contribution >= 0.6 is 0 Å². The van der Waals surface area contributed by atoms with Gasteiger partial charge in [0.05, 0.1) is 5.92 Å². The monoisotopic (exact) mass is 236 g/mol. The van der Waals surface area contributed by atoms with Crippen molar-refractivity contribution in [3.05, 3.63) is 23.3 Å².